The molecule has 5 heteroatoms. The molecule has 5 nitrogen and oxygen atoms in total. The third-order valence-corrected chi connectivity index (χ3v) is 6.17. The van der Waals surface area contributed by atoms with Crippen molar-refractivity contribution >= 4 is 16.9 Å². The SMILES string of the molecule is Cc1ccc(C(C)C)c(OCCn2c(C(C)NC(=O)c3ccccc3C)nc3ccccc32)c1. The normalized spacial score (nSPS) is 12.2. The largest absolute Gasteiger partial charge is 0.491 e. The smallest absolute Gasteiger partial charge is 0.252 e. The molecule has 1 amide bonds. The number of para-hydroxylation sites is 2. The zero-order valence-electron chi connectivity index (χ0n) is 20.6. The van der Waals surface area contributed by atoms with Crippen LogP contribution in [0.2, 0.25) is 0 Å². The summed E-state index contributed by atoms with van der Waals surface area (Å²) in [6, 6.07) is 21.8. The number of hydrogen-bond acceptors (Lipinski definition) is 3. The predicted molar refractivity (Wildman–Crippen MR) is 138 cm³/mol. The molecule has 1 aromatic heterocycles. The number of aromatic nitrogens is 2. The monoisotopic (exact) mass is 455 g/mol. The molecule has 1 unspecified atom stereocenters. The number of ether oxygens (including phenoxy) is 1. The maximum Gasteiger partial charge on any atom is 0.252 e. The maximum absolute atomic E-state index is 12.9. The molecule has 0 spiro atoms. The Bertz CT molecular complexity index is 1310. The second kappa shape index (κ2) is 10.1. The van der Waals surface area contributed by atoms with Crippen molar-refractivity contribution in [1.82, 2.24) is 14.9 Å². The van der Waals surface area contributed by atoms with Gasteiger partial charge >= 0.3 is 0 Å². The number of aryl methyl sites for hydroxylation is 2. The Morgan fingerprint density at radius 1 is 1.00 bits per heavy atom. The van der Waals surface area contributed by atoms with Gasteiger partial charge in [0.05, 0.1) is 23.6 Å². The molecule has 176 valence electrons. The van der Waals surface area contributed by atoms with Gasteiger partial charge in [-0.25, -0.2) is 4.98 Å². The number of imidazole rings is 1. The van der Waals surface area contributed by atoms with E-state index in [1.165, 1.54) is 11.1 Å². The number of nitrogens with zero attached hydrogens (tertiary/aromatic N) is 2. The molecule has 3 aromatic carbocycles. The first-order valence-electron chi connectivity index (χ1n) is 11.9. The first-order chi connectivity index (χ1) is 16.3. The van der Waals surface area contributed by atoms with Gasteiger partial charge in [-0.2, -0.15) is 0 Å². The zero-order chi connectivity index (χ0) is 24.2. The van der Waals surface area contributed by atoms with E-state index < -0.39 is 0 Å². The van der Waals surface area contributed by atoms with E-state index in [4.69, 9.17) is 9.72 Å². The van der Waals surface area contributed by atoms with Gasteiger partial charge in [-0.1, -0.05) is 56.3 Å². The minimum absolute atomic E-state index is 0.0956. The summed E-state index contributed by atoms with van der Waals surface area (Å²) in [5.74, 6) is 2.04. The molecule has 34 heavy (non-hydrogen) atoms. The maximum atomic E-state index is 12.9. The molecule has 0 bridgehead atoms. The lowest BCUT2D eigenvalue weighted by Gasteiger charge is -2.18. The van der Waals surface area contributed by atoms with Crippen LogP contribution in [0.4, 0.5) is 0 Å². The summed E-state index contributed by atoms with van der Waals surface area (Å²) in [4.78, 5) is 17.8. The van der Waals surface area contributed by atoms with Crippen molar-refractivity contribution in [2.45, 2.75) is 53.1 Å². The van der Waals surface area contributed by atoms with Gasteiger partial charge in [0.15, 0.2) is 0 Å². The number of hydrogen-bond donors (Lipinski definition) is 1. The number of fused-ring (bicyclic) bond motifs is 1. The van der Waals surface area contributed by atoms with Gasteiger partial charge in [0.2, 0.25) is 0 Å². The van der Waals surface area contributed by atoms with Gasteiger partial charge in [-0.15, -0.1) is 0 Å². The number of rotatable bonds is 8. The first-order valence-corrected chi connectivity index (χ1v) is 11.9. The van der Waals surface area contributed by atoms with Crippen LogP contribution in [0, 0.1) is 13.8 Å². The van der Waals surface area contributed by atoms with Gasteiger partial charge in [0.1, 0.15) is 18.2 Å². The Balaban J connectivity index is 1.57. The molecule has 1 atom stereocenters. The summed E-state index contributed by atoms with van der Waals surface area (Å²) in [5, 5.41) is 3.13. The van der Waals surface area contributed by atoms with Gasteiger partial charge in [0.25, 0.3) is 5.91 Å². The predicted octanol–water partition coefficient (Wildman–Crippen LogP) is 6.35. The Labute approximate surface area is 201 Å². The second-order valence-electron chi connectivity index (χ2n) is 9.16. The summed E-state index contributed by atoms with van der Waals surface area (Å²) in [5.41, 5.74) is 5.97. The molecule has 0 saturated heterocycles. The molecule has 0 saturated carbocycles. The molecular formula is C29H33N3O2. The van der Waals surface area contributed by atoms with Crippen LogP contribution in [0.1, 0.15) is 65.6 Å². The molecule has 0 aliphatic rings. The number of benzene rings is 3. The molecule has 4 aromatic rings. The topological polar surface area (TPSA) is 56.1 Å². The first kappa shape index (κ1) is 23.6. The van der Waals surface area contributed by atoms with E-state index in [0.717, 1.165) is 28.2 Å². The van der Waals surface area contributed by atoms with E-state index in [0.29, 0.717) is 24.6 Å². The average molecular weight is 456 g/mol. The van der Waals surface area contributed by atoms with Crippen LogP contribution < -0.4 is 10.1 Å². The highest BCUT2D eigenvalue weighted by atomic mass is 16.5. The van der Waals surface area contributed by atoms with Gasteiger partial charge in [0, 0.05) is 5.56 Å². The zero-order valence-corrected chi connectivity index (χ0v) is 20.6. The van der Waals surface area contributed by atoms with Crippen molar-refractivity contribution in [1.29, 1.82) is 0 Å². The van der Waals surface area contributed by atoms with E-state index in [-0.39, 0.29) is 11.9 Å². The second-order valence-corrected chi connectivity index (χ2v) is 9.16. The van der Waals surface area contributed by atoms with E-state index in [2.05, 4.69) is 54.9 Å². The van der Waals surface area contributed by atoms with E-state index in [9.17, 15) is 4.79 Å². The van der Waals surface area contributed by atoms with Crippen LogP contribution in [-0.4, -0.2) is 22.1 Å². The van der Waals surface area contributed by atoms with E-state index in [1.807, 2.05) is 56.3 Å². The lowest BCUT2D eigenvalue weighted by atomic mass is 10.0. The third-order valence-electron chi connectivity index (χ3n) is 6.17. The Kier molecular flexibility index (Phi) is 7.01. The van der Waals surface area contributed by atoms with E-state index >= 15 is 0 Å². The number of amides is 1. The molecule has 0 radical (unpaired) electrons. The highest BCUT2D eigenvalue weighted by molar-refractivity contribution is 5.95. The van der Waals surface area contributed by atoms with Gasteiger partial charge in [-0.05, 0) is 67.6 Å². The van der Waals surface area contributed by atoms with Crippen molar-refractivity contribution < 1.29 is 9.53 Å². The summed E-state index contributed by atoms with van der Waals surface area (Å²) in [6.07, 6.45) is 0. The van der Waals surface area contributed by atoms with Crippen LogP contribution in [0.5, 0.6) is 5.75 Å². The summed E-state index contributed by atoms with van der Waals surface area (Å²) >= 11 is 0. The van der Waals surface area contributed by atoms with Crippen LogP contribution in [-0.2, 0) is 6.54 Å². The summed E-state index contributed by atoms with van der Waals surface area (Å²) in [7, 11) is 0. The summed E-state index contributed by atoms with van der Waals surface area (Å²) < 4.78 is 8.42. The molecule has 4 rings (SSSR count). The standard InChI is InChI=1S/C29H33N3O2/c1-19(2)23-15-14-20(3)18-27(23)34-17-16-32-26-13-9-8-12-25(26)31-28(32)22(5)30-29(33)24-11-7-6-10-21(24)4/h6-15,18-19,22H,16-17H2,1-5H3,(H,30,33). The Morgan fingerprint density at radius 2 is 1.74 bits per heavy atom. The van der Waals surface area contributed by atoms with Gasteiger partial charge in [-0.3, -0.25) is 4.79 Å². The molecule has 0 fully saturated rings. The van der Waals surface area contributed by atoms with Gasteiger partial charge < -0.3 is 14.6 Å². The molecule has 1 heterocycles. The Hall–Kier alpha value is -3.60. The molecular weight excluding hydrogens is 422 g/mol. The third kappa shape index (κ3) is 4.98. The van der Waals surface area contributed by atoms with Crippen molar-refractivity contribution in [3.05, 3.63) is 94.8 Å². The number of nitrogens with one attached hydrogen (secondary N) is 1. The Morgan fingerprint density at radius 3 is 2.50 bits per heavy atom. The highest BCUT2D eigenvalue weighted by Crippen LogP contribution is 2.28. The van der Waals surface area contributed by atoms with E-state index in [1.54, 1.807) is 0 Å². The van der Waals surface area contributed by atoms with Crippen LogP contribution in [0.25, 0.3) is 11.0 Å². The number of carbonyl (C=O) groups excluding carboxylic acids is 1. The van der Waals surface area contributed by atoms with Crippen molar-refractivity contribution in [3.8, 4) is 5.75 Å². The minimum atomic E-state index is -0.260. The number of carbonyl (C=O) groups is 1. The van der Waals surface area contributed by atoms with Crippen molar-refractivity contribution in [3.63, 3.8) is 0 Å². The molecule has 0 aliphatic carbocycles. The fourth-order valence-corrected chi connectivity index (χ4v) is 4.32. The fourth-order valence-electron chi connectivity index (χ4n) is 4.32. The molecule has 1 N–H and O–H groups in total. The quantitative estimate of drug-likeness (QED) is 0.337. The lowest BCUT2D eigenvalue weighted by Crippen LogP contribution is -2.29. The highest BCUT2D eigenvalue weighted by Gasteiger charge is 2.20. The fraction of sp³-hybridized carbons (Fsp3) is 0.310. The average Bonchev–Trinajstić information content (AvgIpc) is 3.18. The molecule has 0 aliphatic heterocycles. The minimum Gasteiger partial charge on any atom is -0.491 e. The van der Waals surface area contributed by atoms with Crippen LogP contribution in [0.3, 0.4) is 0 Å². The lowest BCUT2D eigenvalue weighted by molar-refractivity contribution is 0.0937. The van der Waals surface area contributed by atoms with Crippen molar-refractivity contribution in [2.75, 3.05) is 6.61 Å². The van der Waals surface area contributed by atoms with Crippen LogP contribution in [0.15, 0.2) is 66.7 Å². The van der Waals surface area contributed by atoms with Crippen LogP contribution >= 0.6 is 0 Å². The summed E-state index contributed by atoms with van der Waals surface area (Å²) in [6.45, 7) is 11.5. The van der Waals surface area contributed by atoms with Crippen molar-refractivity contribution in [2.24, 2.45) is 0 Å².